The van der Waals surface area contributed by atoms with E-state index in [1.54, 1.807) is 12.1 Å². The molecule has 1 atom stereocenters. The van der Waals surface area contributed by atoms with Crippen LogP contribution in [0.5, 0.6) is 0 Å². The number of carboxylic acids is 1. The highest BCUT2D eigenvalue weighted by Crippen LogP contribution is 2.21. The van der Waals surface area contributed by atoms with Gasteiger partial charge in [0, 0.05) is 5.92 Å². The zero-order valence-corrected chi connectivity index (χ0v) is 11.7. The maximum atomic E-state index is 12.1. The van der Waals surface area contributed by atoms with Gasteiger partial charge in [-0.15, -0.1) is 0 Å². The van der Waals surface area contributed by atoms with E-state index in [9.17, 15) is 14.7 Å². The molecule has 106 valence electrons. The second-order valence-electron chi connectivity index (χ2n) is 5.34. The molecule has 1 aliphatic carbocycles. The number of carbonyl (C=O) groups is 2. The highest BCUT2D eigenvalue weighted by Gasteiger charge is 2.27. The van der Waals surface area contributed by atoms with Crippen LogP contribution in [0.3, 0.4) is 0 Å². The predicted molar refractivity (Wildman–Crippen MR) is 76.3 cm³/mol. The van der Waals surface area contributed by atoms with Gasteiger partial charge in [0.25, 0.3) is 0 Å². The number of hydrogen-bond donors (Lipinski definition) is 2. The van der Waals surface area contributed by atoms with Crippen molar-refractivity contribution in [2.75, 3.05) is 0 Å². The molecule has 1 aliphatic rings. The minimum absolute atomic E-state index is 0.136. The zero-order valence-electron chi connectivity index (χ0n) is 11.7. The van der Waals surface area contributed by atoms with Crippen LogP contribution >= 0.6 is 0 Å². The summed E-state index contributed by atoms with van der Waals surface area (Å²) in [5, 5.41) is 12.0. The third-order valence-electron chi connectivity index (χ3n) is 3.49. The van der Waals surface area contributed by atoms with Crippen LogP contribution in [0, 0.1) is 19.8 Å². The molecular weight excluding hydrogens is 254 g/mol. The van der Waals surface area contributed by atoms with Gasteiger partial charge in [-0.05, 0) is 32.3 Å². The molecule has 1 aromatic rings. The molecule has 0 fully saturated rings. The summed E-state index contributed by atoms with van der Waals surface area (Å²) in [6.07, 6.45) is 5.28. The summed E-state index contributed by atoms with van der Waals surface area (Å²) in [6.45, 7) is 3.83. The van der Waals surface area contributed by atoms with Gasteiger partial charge in [-0.3, -0.25) is 4.79 Å². The maximum Gasteiger partial charge on any atom is 0.330 e. The van der Waals surface area contributed by atoms with Crippen LogP contribution in [0.15, 0.2) is 30.4 Å². The number of carboxylic acid groups (broad SMARTS) is 1. The SMILES string of the molecule is Cc1cc(C)cc(C(NC(=O)C2CC=CC2)C(=O)O)c1. The normalized spacial score (nSPS) is 16.1. The van der Waals surface area contributed by atoms with Gasteiger partial charge in [0.15, 0.2) is 6.04 Å². The van der Waals surface area contributed by atoms with Gasteiger partial charge in [-0.25, -0.2) is 4.79 Å². The molecule has 2 N–H and O–H groups in total. The molecule has 4 nitrogen and oxygen atoms in total. The summed E-state index contributed by atoms with van der Waals surface area (Å²) in [5.41, 5.74) is 2.60. The van der Waals surface area contributed by atoms with E-state index < -0.39 is 12.0 Å². The smallest absolute Gasteiger partial charge is 0.330 e. The van der Waals surface area contributed by atoms with Crippen molar-refractivity contribution in [3.8, 4) is 0 Å². The lowest BCUT2D eigenvalue weighted by atomic mass is 10.00. The lowest BCUT2D eigenvalue weighted by molar-refractivity contribution is -0.142. The van der Waals surface area contributed by atoms with E-state index in [-0.39, 0.29) is 11.8 Å². The van der Waals surface area contributed by atoms with Crippen molar-refractivity contribution >= 4 is 11.9 Å². The molecule has 4 heteroatoms. The predicted octanol–water partition coefficient (Wildman–Crippen LogP) is 2.51. The van der Waals surface area contributed by atoms with Crippen molar-refractivity contribution in [1.82, 2.24) is 5.32 Å². The van der Waals surface area contributed by atoms with Crippen LogP contribution in [-0.2, 0) is 9.59 Å². The third-order valence-corrected chi connectivity index (χ3v) is 3.49. The van der Waals surface area contributed by atoms with Gasteiger partial charge in [0.1, 0.15) is 0 Å². The number of aliphatic carboxylic acids is 1. The standard InChI is InChI=1S/C16H19NO3/c1-10-7-11(2)9-13(8-10)14(16(19)20)17-15(18)12-5-3-4-6-12/h3-4,7-9,12,14H,5-6H2,1-2H3,(H,17,18)(H,19,20). The van der Waals surface area contributed by atoms with Gasteiger partial charge in [-0.2, -0.15) is 0 Å². The van der Waals surface area contributed by atoms with Crippen LogP contribution in [-0.4, -0.2) is 17.0 Å². The minimum atomic E-state index is -1.03. The van der Waals surface area contributed by atoms with E-state index in [1.165, 1.54) is 0 Å². The number of benzene rings is 1. The molecule has 0 bridgehead atoms. The van der Waals surface area contributed by atoms with Crippen LogP contribution < -0.4 is 5.32 Å². The Morgan fingerprint density at radius 2 is 1.70 bits per heavy atom. The first-order valence-electron chi connectivity index (χ1n) is 6.73. The van der Waals surface area contributed by atoms with E-state index in [0.717, 1.165) is 11.1 Å². The molecule has 0 aliphatic heterocycles. The molecule has 0 saturated carbocycles. The molecule has 1 aromatic carbocycles. The molecule has 20 heavy (non-hydrogen) atoms. The maximum absolute atomic E-state index is 12.1. The summed E-state index contributed by atoms with van der Waals surface area (Å²) >= 11 is 0. The Morgan fingerprint density at radius 3 is 2.20 bits per heavy atom. The van der Waals surface area contributed by atoms with E-state index in [2.05, 4.69) is 5.32 Å². The van der Waals surface area contributed by atoms with Crippen molar-refractivity contribution in [3.63, 3.8) is 0 Å². The number of aryl methyl sites for hydroxylation is 2. The first kappa shape index (κ1) is 14.3. The Hall–Kier alpha value is -2.10. The Labute approximate surface area is 118 Å². The number of nitrogens with one attached hydrogen (secondary N) is 1. The van der Waals surface area contributed by atoms with Crippen LogP contribution in [0.2, 0.25) is 0 Å². The second-order valence-corrected chi connectivity index (χ2v) is 5.34. The largest absolute Gasteiger partial charge is 0.479 e. The molecule has 2 rings (SSSR count). The van der Waals surface area contributed by atoms with Crippen LogP contribution in [0.1, 0.15) is 35.6 Å². The fourth-order valence-electron chi connectivity index (χ4n) is 2.56. The van der Waals surface area contributed by atoms with Gasteiger partial charge < -0.3 is 10.4 Å². The Kier molecular flexibility index (Phi) is 4.23. The van der Waals surface area contributed by atoms with E-state index in [1.807, 2.05) is 32.1 Å². The summed E-state index contributed by atoms with van der Waals surface area (Å²) in [7, 11) is 0. The first-order valence-corrected chi connectivity index (χ1v) is 6.73. The van der Waals surface area contributed by atoms with E-state index in [0.29, 0.717) is 18.4 Å². The topological polar surface area (TPSA) is 66.4 Å². The van der Waals surface area contributed by atoms with Gasteiger partial charge in [0.2, 0.25) is 5.91 Å². The number of hydrogen-bond acceptors (Lipinski definition) is 2. The summed E-state index contributed by atoms with van der Waals surface area (Å²) in [4.78, 5) is 23.5. The second kappa shape index (κ2) is 5.90. The molecule has 0 radical (unpaired) electrons. The molecule has 1 unspecified atom stereocenters. The molecular formula is C16H19NO3. The van der Waals surface area contributed by atoms with Crippen molar-refractivity contribution in [2.24, 2.45) is 5.92 Å². The summed E-state index contributed by atoms with van der Waals surface area (Å²) in [5.74, 6) is -1.36. The molecule has 1 amide bonds. The molecule has 0 spiro atoms. The van der Waals surface area contributed by atoms with E-state index in [4.69, 9.17) is 0 Å². The Balaban J connectivity index is 2.18. The van der Waals surface area contributed by atoms with Crippen LogP contribution in [0.4, 0.5) is 0 Å². The number of rotatable bonds is 4. The number of amides is 1. The van der Waals surface area contributed by atoms with E-state index >= 15 is 0 Å². The van der Waals surface area contributed by atoms with Gasteiger partial charge in [0.05, 0.1) is 0 Å². The van der Waals surface area contributed by atoms with Crippen molar-refractivity contribution in [3.05, 3.63) is 47.0 Å². The summed E-state index contributed by atoms with van der Waals surface area (Å²) < 4.78 is 0. The third kappa shape index (κ3) is 3.26. The fraction of sp³-hybridized carbons (Fsp3) is 0.375. The van der Waals surface area contributed by atoms with Crippen molar-refractivity contribution < 1.29 is 14.7 Å². The Morgan fingerprint density at radius 1 is 1.15 bits per heavy atom. The number of allylic oxidation sites excluding steroid dienone is 2. The molecule has 0 heterocycles. The lowest BCUT2D eigenvalue weighted by Crippen LogP contribution is -2.37. The quantitative estimate of drug-likeness (QED) is 0.828. The average molecular weight is 273 g/mol. The van der Waals surface area contributed by atoms with Gasteiger partial charge in [-0.1, -0.05) is 41.5 Å². The van der Waals surface area contributed by atoms with Gasteiger partial charge >= 0.3 is 5.97 Å². The van der Waals surface area contributed by atoms with Crippen LogP contribution in [0.25, 0.3) is 0 Å². The Bertz CT molecular complexity index is 535. The van der Waals surface area contributed by atoms with Crippen molar-refractivity contribution in [1.29, 1.82) is 0 Å². The highest BCUT2D eigenvalue weighted by molar-refractivity contribution is 5.86. The molecule has 0 saturated heterocycles. The molecule has 0 aromatic heterocycles. The first-order chi connectivity index (χ1) is 9.47. The fourth-order valence-corrected chi connectivity index (χ4v) is 2.56. The van der Waals surface area contributed by atoms with Crippen molar-refractivity contribution in [2.45, 2.75) is 32.7 Å². The average Bonchev–Trinajstić information content (AvgIpc) is 2.87. The monoisotopic (exact) mass is 273 g/mol. The summed E-state index contributed by atoms with van der Waals surface area (Å²) in [6, 6.07) is 4.60. The number of carbonyl (C=O) groups excluding carboxylic acids is 1. The lowest BCUT2D eigenvalue weighted by Gasteiger charge is -2.18. The minimum Gasteiger partial charge on any atom is -0.479 e. The highest BCUT2D eigenvalue weighted by atomic mass is 16.4. The zero-order chi connectivity index (χ0) is 14.7.